The third-order valence-electron chi connectivity index (χ3n) is 4.49. The van der Waals surface area contributed by atoms with E-state index in [0.29, 0.717) is 43.8 Å². The van der Waals surface area contributed by atoms with E-state index in [9.17, 15) is 4.79 Å². The zero-order chi connectivity index (χ0) is 20.1. The molecule has 0 aliphatic carbocycles. The zero-order valence-electron chi connectivity index (χ0n) is 16.1. The Bertz CT molecular complexity index is 843. The Labute approximate surface area is 168 Å². The van der Waals surface area contributed by atoms with Gasteiger partial charge in [0.1, 0.15) is 11.5 Å². The Hall–Kier alpha value is -2.58. The summed E-state index contributed by atoms with van der Waals surface area (Å²) in [5, 5.41) is 3.11. The number of aromatic nitrogens is 2. The van der Waals surface area contributed by atoms with Crippen LogP contribution in [0.5, 0.6) is 11.5 Å². The smallest absolute Gasteiger partial charge is 0.272 e. The van der Waals surface area contributed by atoms with Crippen molar-refractivity contribution in [1.29, 1.82) is 0 Å². The molecule has 1 aromatic carbocycles. The van der Waals surface area contributed by atoms with Crippen LogP contribution in [0.3, 0.4) is 0 Å². The Morgan fingerprint density at radius 3 is 2.71 bits per heavy atom. The third-order valence-corrected chi connectivity index (χ3v) is 4.77. The lowest BCUT2D eigenvalue weighted by molar-refractivity contribution is 0.0934. The summed E-state index contributed by atoms with van der Waals surface area (Å²) in [6.07, 6.45) is 1.45. The van der Waals surface area contributed by atoms with Crippen molar-refractivity contribution in [2.24, 2.45) is 0 Å². The first-order chi connectivity index (χ1) is 13.5. The molecule has 9 heteroatoms. The van der Waals surface area contributed by atoms with Crippen LogP contribution in [-0.2, 0) is 4.74 Å². The van der Waals surface area contributed by atoms with Crippen molar-refractivity contribution in [2.75, 3.05) is 45.4 Å². The molecule has 28 heavy (non-hydrogen) atoms. The quantitative estimate of drug-likeness (QED) is 0.788. The number of nitrogens with zero attached hydrogens (tertiary/aromatic N) is 3. The average Bonchev–Trinajstić information content (AvgIpc) is 2.74. The number of benzene rings is 1. The van der Waals surface area contributed by atoms with Gasteiger partial charge < -0.3 is 24.4 Å². The normalized spacial score (nSPS) is 15.1. The van der Waals surface area contributed by atoms with Crippen molar-refractivity contribution in [3.8, 4) is 11.5 Å². The molecule has 1 N–H and O–H groups in total. The number of methoxy groups -OCH3 is 2. The fraction of sp³-hybridized carbons (Fsp3) is 0.421. The molecule has 1 saturated heterocycles. The number of amides is 1. The Morgan fingerprint density at radius 1 is 1.29 bits per heavy atom. The molecule has 1 fully saturated rings. The highest BCUT2D eigenvalue weighted by Crippen LogP contribution is 2.29. The SMILES string of the molecule is COc1ccc(OC)c([C@@H](C)NC(=O)c2nc(N3CCOCC3)ncc2Cl)c1. The predicted molar refractivity (Wildman–Crippen MR) is 106 cm³/mol. The topological polar surface area (TPSA) is 85.8 Å². The van der Waals surface area contributed by atoms with Gasteiger partial charge in [0.2, 0.25) is 5.95 Å². The second-order valence-corrected chi connectivity index (χ2v) is 6.68. The lowest BCUT2D eigenvalue weighted by Gasteiger charge is -2.27. The van der Waals surface area contributed by atoms with Crippen molar-refractivity contribution in [3.63, 3.8) is 0 Å². The first-order valence-corrected chi connectivity index (χ1v) is 9.29. The lowest BCUT2D eigenvalue weighted by atomic mass is 10.1. The van der Waals surface area contributed by atoms with Crippen LogP contribution in [0.25, 0.3) is 0 Å². The Balaban J connectivity index is 1.80. The van der Waals surface area contributed by atoms with Crippen molar-refractivity contribution in [1.82, 2.24) is 15.3 Å². The number of hydrogen-bond donors (Lipinski definition) is 1. The number of ether oxygens (including phenoxy) is 3. The monoisotopic (exact) mass is 406 g/mol. The molecule has 1 aromatic heterocycles. The van der Waals surface area contributed by atoms with Crippen LogP contribution in [0, 0.1) is 0 Å². The van der Waals surface area contributed by atoms with Crippen LogP contribution in [0.1, 0.15) is 29.0 Å². The molecule has 0 unspecified atom stereocenters. The summed E-state index contributed by atoms with van der Waals surface area (Å²) >= 11 is 6.19. The van der Waals surface area contributed by atoms with Gasteiger partial charge in [-0.25, -0.2) is 9.97 Å². The van der Waals surface area contributed by atoms with Crippen LogP contribution < -0.4 is 19.7 Å². The van der Waals surface area contributed by atoms with Gasteiger partial charge in [0.15, 0.2) is 5.69 Å². The molecule has 1 amide bonds. The van der Waals surface area contributed by atoms with Gasteiger partial charge in [0.05, 0.1) is 44.7 Å². The highest BCUT2D eigenvalue weighted by atomic mass is 35.5. The van der Waals surface area contributed by atoms with E-state index in [4.69, 9.17) is 25.8 Å². The van der Waals surface area contributed by atoms with Crippen LogP contribution in [-0.4, -0.2) is 56.4 Å². The number of nitrogens with one attached hydrogen (secondary N) is 1. The maximum absolute atomic E-state index is 12.8. The first-order valence-electron chi connectivity index (χ1n) is 8.91. The molecular formula is C19H23ClN4O4. The minimum atomic E-state index is -0.390. The van der Waals surface area contributed by atoms with Crippen molar-refractivity contribution >= 4 is 23.5 Å². The Kier molecular flexibility index (Phi) is 6.53. The fourth-order valence-electron chi connectivity index (χ4n) is 2.95. The summed E-state index contributed by atoms with van der Waals surface area (Å²) in [6.45, 7) is 4.38. The van der Waals surface area contributed by atoms with Crippen LogP contribution in [0.15, 0.2) is 24.4 Å². The van der Waals surface area contributed by atoms with Gasteiger partial charge in [0.25, 0.3) is 5.91 Å². The molecule has 1 atom stereocenters. The summed E-state index contributed by atoms with van der Waals surface area (Å²) in [7, 11) is 3.17. The molecule has 1 aliphatic heterocycles. The summed E-state index contributed by atoms with van der Waals surface area (Å²) in [4.78, 5) is 23.4. The molecule has 3 rings (SSSR count). The largest absolute Gasteiger partial charge is 0.497 e. The van der Waals surface area contributed by atoms with E-state index in [0.717, 1.165) is 5.56 Å². The van der Waals surface area contributed by atoms with Gasteiger partial charge in [-0.2, -0.15) is 0 Å². The minimum absolute atomic E-state index is 0.131. The molecular weight excluding hydrogens is 384 g/mol. The van der Waals surface area contributed by atoms with E-state index in [2.05, 4.69) is 15.3 Å². The molecule has 2 heterocycles. The molecule has 0 bridgehead atoms. The van der Waals surface area contributed by atoms with Gasteiger partial charge in [0, 0.05) is 18.7 Å². The minimum Gasteiger partial charge on any atom is -0.497 e. The third kappa shape index (κ3) is 4.45. The zero-order valence-corrected chi connectivity index (χ0v) is 16.8. The maximum Gasteiger partial charge on any atom is 0.272 e. The standard InChI is InChI=1S/C19H23ClN4O4/c1-12(14-10-13(26-2)4-5-16(14)27-3)22-18(25)17-15(20)11-21-19(23-17)24-6-8-28-9-7-24/h4-5,10-12H,6-9H2,1-3H3,(H,22,25)/t12-/m1/s1. The summed E-state index contributed by atoms with van der Waals surface area (Å²) in [5.41, 5.74) is 0.917. The van der Waals surface area contributed by atoms with Gasteiger partial charge in [-0.05, 0) is 25.1 Å². The van der Waals surface area contributed by atoms with E-state index >= 15 is 0 Å². The maximum atomic E-state index is 12.8. The number of rotatable bonds is 6. The van der Waals surface area contributed by atoms with Crippen molar-refractivity contribution in [3.05, 3.63) is 40.7 Å². The predicted octanol–water partition coefficient (Wildman–Crippen LogP) is 2.47. The number of carbonyl (C=O) groups is 1. The van der Waals surface area contributed by atoms with Crippen LogP contribution >= 0.6 is 11.6 Å². The van der Waals surface area contributed by atoms with E-state index < -0.39 is 0 Å². The van der Waals surface area contributed by atoms with Gasteiger partial charge in [-0.15, -0.1) is 0 Å². The number of anilines is 1. The fourth-order valence-corrected chi connectivity index (χ4v) is 3.13. The van der Waals surface area contributed by atoms with Crippen molar-refractivity contribution in [2.45, 2.75) is 13.0 Å². The molecule has 1 aliphatic rings. The summed E-state index contributed by atoms with van der Waals surface area (Å²) in [5.74, 6) is 1.40. The molecule has 150 valence electrons. The number of halogens is 1. The average molecular weight is 407 g/mol. The van der Waals surface area contributed by atoms with Gasteiger partial charge in [-0.3, -0.25) is 4.79 Å². The number of morpholine rings is 1. The van der Waals surface area contributed by atoms with E-state index in [1.165, 1.54) is 6.20 Å². The van der Waals surface area contributed by atoms with Crippen molar-refractivity contribution < 1.29 is 19.0 Å². The Morgan fingerprint density at radius 2 is 2.04 bits per heavy atom. The van der Waals surface area contributed by atoms with E-state index in [-0.39, 0.29) is 22.7 Å². The molecule has 8 nitrogen and oxygen atoms in total. The second kappa shape index (κ2) is 9.07. The second-order valence-electron chi connectivity index (χ2n) is 6.27. The highest BCUT2D eigenvalue weighted by Gasteiger charge is 2.22. The van der Waals surface area contributed by atoms with Crippen LogP contribution in [0.4, 0.5) is 5.95 Å². The molecule has 0 saturated carbocycles. The van der Waals surface area contributed by atoms with Crippen LogP contribution in [0.2, 0.25) is 5.02 Å². The lowest BCUT2D eigenvalue weighted by Crippen LogP contribution is -2.38. The first kappa shape index (κ1) is 20.2. The van der Waals surface area contributed by atoms with E-state index in [1.807, 2.05) is 17.9 Å². The van der Waals surface area contributed by atoms with Gasteiger partial charge in [-0.1, -0.05) is 11.6 Å². The highest BCUT2D eigenvalue weighted by molar-refractivity contribution is 6.33. The van der Waals surface area contributed by atoms with Gasteiger partial charge >= 0.3 is 0 Å². The molecule has 0 spiro atoms. The number of hydrogen-bond acceptors (Lipinski definition) is 7. The summed E-state index contributed by atoms with van der Waals surface area (Å²) in [6, 6.07) is 5.07. The molecule has 0 radical (unpaired) electrons. The summed E-state index contributed by atoms with van der Waals surface area (Å²) < 4.78 is 16.0. The molecule has 2 aromatic rings. The number of carbonyl (C=O) groups excluding carboxylic acids is 1. The van der Waals surface area contributed by atoms with E-state index in [1.54, 1.807) is 26.4 Å².